The number of hydrogen-bond acceptors (Lipinski definition) is 5. The molecule has 4 rings (SSSR count). The van der Waals surface area contributed by atoms with Gasteiger partial charge in [0.05, 0.1) is 12.0 Å². The zero-order chi connectivity index (χ0) is 19.7. The summed E-state index contributed by atoms with van der Waals surface area (Å²) in [7, 11) is 0. The quantitative estimate of drug-likeness (QED) is 0.670. The molecular formula is C20H16BrN3O4. The fourth-order valence-corrected chi connectivity index (χ4v) is 3.35. The van der Waals surface area contributed by atoms with Gasteiger partial charge in [0.2, 0.25) is 12.7 Å². The molecule has 28 heavy (non-hydrogen) atoms. The maximum Gasteiger partial charge on any atom is 0.254 e. The molecule has 0 atom stereocenters. The van der Waals surface area contributed by atoms with Gasteiger partial charge < -0.3 is 14.8 Å². The third-order valence-electron chi connectivity index (χ3n) is 4.32. The Bertz CT molecular complexity index is 1130. The third-order valence-corrected chi connectivity index (χ3v) is 4.82. The van der Waals surface area contributed by atoms with Crippen molar-refractivity contribution < 1.29 is 14.3 Å². The zero-order valence-corrected chi connectivity index (χ0v) is 16.5. The van der Waals surface area contributed by atoms with Crippen LogP contribution in [0, 0.1) is 6.92 Å². The van der Waals surface area contributed by atoms with Gasteiger partial charge >= 0.3 is 0 Å². The number of ether oxygens (including phenoxy) is 2. The second kappa shape index (κ2) is 7.47. The summed E-state index contributed by atoms with van der Waals surface area (Å²) in [4.78, 5) is 29.0. The van der Waals surface area contributed by atoms with Gasteiger partial charge in [0, 0.05) is 21.8 Å². The van der Waals surface area contributed by atoms with Gasteiger partial charge in [-0.15, -0.1) is 0 Å². The molecule has 0 bridgehead atoms. The number of halogens is 1. The molecule has 1 aromatic heterocycles. The summed E-state index contributed by atoms with van der Waals surface area (Å²) in [5.74, 6) is 0.981. The molecule has 142 valence electrons. The monoisotopic (exact) mass is 441 g/mol. The number of benzene rings is 2. The number of aryl methyl sites for hydroxylation is 1. The van der Waals surface area contributed by atoms with Gasteiger partial charge in [0.15, 0.2) is 11.5 Å². The summed E-state index contributed by atoms with van der Waals surface area (Å²) in [5, 5.41) is 2.81. The van der Waals surface area contributed by atoms with E-state index in [-0.39, 0.29) is 24.8 Å². The summed E-state index contributed by atoms with van der Waals surface area (Å²) < 4.78 is 12.8. The lowest BCUT2D eigenvalue weighted by Crippen LogP contribution is -2.27. The Morgan fingerprint density at radius 3 is 2.79 bits per heavy atom. The van der Waals surface area contributed by atoms with Crippen LogP contribution in [0.4, 0.5) is 5.69 Å². The molecule has 1 aliphatic heterocycles. The molecule has 3 aromatic rings. The molecule has 0 saturated carbocycles. The van der Waals surface area contributed by atoms with Gasteiger partial charge in [-0.2, -0.15) is 0 Å². The molecule has 2 aromatic carbocycles. The zero-order valence-electron chi connectivity index (χ0n) is 14.9. The van der Waals surface area contributed by atoms with Crippen molar-refractivity contribution in [3.8, 4) is 22.8 Å². The predicted octanol–water partition coefficient (Wildman–Crippen LogP) is 3.35. The largest absolute Gasteiger partial charge is 0.454 e. The highest BCUT2D eigenvalue weighted by Gasteiger charge is 2.15. The third kappa shape index (κ3) is 3.77. The van der Waals surface area contributed by atoms with E-state index in [9.17, 15) is 9.59 Å². The van der Waals surface area contributed by atoms with E-state index in [1.807, 2.05) is 25.1 Å². The van der Waals surface area contributed by atoms with Gasteiger partial charge in [-0.25, -0.2) is 4.98 Å². The van der Waals surface area contributed by atoms with Crippen LogP contribution in [0.1, 0.15) is 5.56 Å². The van der Waals surface area contributed by atoms with Gasteiger partial charge in [-0.05, 0) is 48.9 Å². The first-order valence-corrected chi connectivity index (χ1v) is 9.31. The lowest BCUT2D eigenvalue weighted by molar-refractivity contribution is -0.116. The summed E-state index contributed by atoms with van der Waals surface area (Å²) in [6.07, 6.45) is 1.37. The first-order chi connectivity index (χ1) is 13.5. The lowest BCUT2D eigenvalue weighted by Gasteiger charge is -2.10. The standard InChI is InChI=1S/C20H16BrN3O4/c1-12-6-14(21)3-4-15(12)23-19(25)9-24-10-22-16(8-20(24)26)13-2-5-17-18(7-13)28-11-27-17/h2-8,10H,9,11H2,1H3,(H,23,25). The van der Waals surface area contributed by atoms with Gasteiger partial charge in [-0.1, -0.05) is 15.9 Å². The van der Waals surface area contributed by atoms with E-state index in [0.717, 1.165) is 15.6 Å². The summed E-state index contributed by atoms with van der Waals surface area (Å²) in [6.45, 7) is 1.96. The van der Waals surface area contributed by atoms with Crippen molar-refractivity contribution in [2.75, 3.05) is 12.1 Å². The molecule has 1 N–H and O–H groups in total. The van der Waals surface area contributed by atoms with Crippen LogP contribution in [0.25, 0.3) is 11.3 Å². The van der Waals surface area contributed by atoms with E-state index in [0.29, 0.717) is 22.9 Å². The van der Waals surface area contributed by atoms with Crippen molar-refractivity contribution in [1.82, 2.24) is 9.55 Å². The molecule has 1 aliphatic rings. The molecule has 7 nitrogen and oxygen atoms in total. The van der Waals surface area contributed by atoms with Crippen LogP contribution in [-0.4, -0.2) is 22.3 Å². The van der Waals surface area contributed by atoms with E-state index in [1.165, 1.54) is 17.0 Å². The number of anilines is 1. The minimum absolute atomic E-state index is 0.122. The van der Waals surface area contributed by atoms with Crippen LogP contribution >= 0.6 is 15.9 Å². The average Bonchev–Trinajstić information content (AvgIpc) is 3.13. The van der Waals surface area contributed by atoms with Crippen LogP contribution < -0.4 is 20.3 Å². The fraction of sp³-hybridized carbons (Fsp3) is 0.150. The van der Waals surface area contributed by atoms with E-state index < -0.39 is 0 Å². The van der Waals surface area contributed by atoms with Gasteiger partial charge in [0.1, 0.15) is 6.54 Å². The topological polar surface area (TPSA) is 82.5 Å². The molecule has 0 saturated heterocycles. The maximum atomic E-state index is 12.4. The number of nitrogens with one attached hydrogen (secondary N) is 1. The Labute approximate surface area is 169 Å². The van der Waals surface area contributed by atoms with E-state index in [1.54, 1.807) is 18.2 Å². The van der Waals surface area contributed by atoms with Crippen molar-refractivity contribution >= 4 is 27.5 Å². The van der Waals surface area contributed by atoms with Crippen molar-refractivity contribution in [3.63, 3.8) is 0 Å². The van der Waals surface area contributed by atoms with Gasteiger partial charge in [0.25, 0.3) is 5.56 Å². The highest BCUT2D eigenvalue weighted by molar-refractivity contribution is 9.10. The fourth-order valence-electron chi connectivity index (χ4n) is 2.87. The number of hydrogen-bond donors (Lipinski definition) is 1. The Morgan fingerprint density at radius 1 is 1.18 bits per heavy atom. The molecule has 8 heteroatoms. The smallest absolute Gasteiger partial charge is 0.254 e. The normalized spacial score (nSPS) is 12.1. The van der Waals surface area contributed by atoms with Crippen LogP contribution in [0.2, 0.25) is 0 Å². The van der Waals surface area contributed by atoms with Crippen LogP contribution in [0.15, 0.2) is 58.1 Å². The van der Waals surface area contributed by atoms with E-state index in [2.05, 4.69) is 26.2 Å². The number of fused-ring (bicyclic) bond motifs is 1. The molecule has 1 amide bonds. The number of carbonyl (C=O) groups excluding carboxylic acids is 1. The number of carbonyl (C=O) groups is 1. The minimum Gasteiger partial charge on any atom is -0.454 e. The molecule has 0 fully saturated rings. The minimum atomic E-state index is -0.314. The number of rotatable bonds is 4. The van der Waals surface area contributed by atoms with Crippen molar-refractivity contribution in [2.45, 2.75) is 13.5 Å². The number of nitrogens with zero attached hydrogens (tertiary/aromatic N) is 2. The average molecular weight is 442 g/mol. The Kier molecular flexibility index (Phi) is 4.87. The second-order valence-corrected chi connectivity index (χ2v) is 7.23. The maximum absolute atomic E-state index is 12.4. The van der Waals surface area contributed by atoms with E-state index >= 15 is 0 Å². The first kappa shape index (κ1) is 18.2. The van der Waals surface area contributed by atoms with Crippen LogP contribution in [0.3, 0.4) is 0 Å². The summed E-state index contributed by atoms with van der Waals surface area (Å²) >= 11 is 3.39. The number of amides is 1. The Balaban J connectivity index is 1.50. The second-order valence-electron chi connectivity index (χ2n) is 6.32. The number of aromatic nitrogens is 2. The molecular weight excluding hydrogens is 426 g/mol. The molecule has 0 radical (unpaired) electrons. The lowest BCUT2D eigenvalue weighted by atomic mass is 10.1. The first-order valence-electron chi connectivity index (χ1n) is 8.52. The Hall–Kier alpha value is -3.13. The van der Waals surface area contributed by atoms with Crippen molar-refractivity contribution in [2.24, 2.45) is 0 Å². The predicted molar refractivity (Wildman–Crippen MR) is 108 cm³/mol. The molecule has 0 aliphatic carbocycles. The van der Waals surface area contributed by atoms with Crippen molar-refractivity contribution in [1.29, 1.82) is 0 Å². The van der Waals surface area contributed by atoms with Crippen molar-refractivity contribution in [3.05, 3.63) is 69.2 Å². The van der Waals surface area contributed by atoms with Crippen LogP contribution in [-0.2, 0) is 11.3 Å². The molecule has 0 unspecified atom stereocenters. The highest BCUT2D eigenvalue weighted by Crippen LogP contribution is 2.35. The SMILES string of the molecule is Cc1cc(Br)ccc1NC(=O)Cn1cnc(-c2ccc3c(c2)OCO3)cc1=O. The molecule has 0 spiro atoms. The molecule has 2 heterocycles. The Morgan fingerprint density at radius 2 is 2.00 bits per heavy atom. The summed E-state index contributed by atoms with van der Waals surface area (Å²) in [5.41, 5.74) is 2.55. The summed E-state index contributed by atoms with van der Waals surface area (Å²) in [6, 6.07) is 12.3. The van der Waals surface area contributed by atoms with Gasteiger partial charge in [-0.3, -0.25) is 14.2 Å². The highest BCUT2D eigenvalue weighted by atomic mass is 79.9. The van der Waals surface area contributed by atoms with Crippen LogP contribution in [0.5, 0.6) is 11.5 Å². The van der Waals surface area contributed by atoms with E-state index in [4.69, 9.17) is 9.47 Å².